The van der Waals surface area contributed by atoms with E-state index in [9.17, 15) is 9.59 Å². The van der Waals surface area contributed by atoms with Crippen LogP contribution in [0.25, 0.3) is 0 Å². The molecule has 2 aliphatic rings. The maximum Gasteiger partial charge on any atom is 0.326 e. The van der Waals surface area contributed by atoms with Crippen LogP contribution in [-0.2, 0) is 11.2 Å². The molecule has 0 bridgehead atoms. The highest BCUT2D eigenvalue weighted by Crippen LogP contribution is 2.45. The molecule has 0 saturated carbocycles. The Morgan fingerprint density at radius 1 is 0.909 bits per heavy atom. The monoisotopic (exact) mass is 634 g/mol. The van der Waals surface area contributed by atoms with E-state index < -0.39 is 12.1 Å². The minimum Gasteiger partial charge on any atom is -0.497 e. The Kier molecular flexibility index (Phi) is 9.86. The summed E-state index contributed by atoms with van der Waals surface area (Å²) < 4.78 is 5.58. The number of amides is 3. The van der Waals surface area contributed by atoms with Crippen molar-refractivity contribution < 1.29 is 14.3 Å². The lowest BCUT2D eigenvalue weighted by Crippen LogP contribution is -2.56. The van der Waals surface area contributed by atoms with Crippen molar-refractivity contribution in [3.8, 4) is 5.75 Å². The Morgan fingerprint density at radius 2 is 1.55 bits per heavy atom. The van der Waals surface area contributed by atoms with E-state index in [0.29, 0.717) is 47.4 Å². The average Bonchev–Trinajstić information content (AvgIpc) is 3.38. The second-order valence-electron chi connectivity index (χ2n) is 12.4. The van der Waals surface area contributed by atoms with Gasteiger partial charge in [-0.2, -0.15) is 0 Å². The molecule has 0 radical (unpaired) electrons. The van der Waals surface area contributed by atoms with Crippen LogP contribution in [0.4, 0.5) is 4.79 Å². The molecular formula is C35H40Cl2N4O3. The van der Waals surface area contributed by atoms with Crippen molar-refractivity contribution in [2.24, 2.45) is 16.8 Å². The minimum absolute atomic E-state index is 0.0236. The van der Waals surface area contributed by atoms with Gasteiger partial charge in [0.1, 0.15) is 24.2 Å². The van der Waals surface area contributed by atoms with Gasteiger partial charge in [0.25, 0.3) is 0 Å². The number of hydrogen-bond acceptors (Lipinski definition) is 4. The highest BCUT2D eigenvalue weighted by atomic mass is 35.5. The van der Waals surface area contributed by atoms with Gasteiger partial charge >= 0.3 is 6.03 Å². The van der Waals surface area contributed by atoms with E-state index in [2.05, 4.69) is 27.7 Å². The van der Waals surface area contributed by atoms with Gasteiger partial charge in [0.15, 0.2) is 0 Å². The zero-order chi connectivity index (χ0) is 31.5. The Balaban J connectivity index is 1.65. The average molecular weight is 636 g/mol. The predicted molar refractivity (Wildman–Crippen MR) is 177 cm³/mol. The molecule has 1 saturated heterocycles. The molecule has 2 unspecified atom stereocenters. The van der Waals surface area contributed by atoms with E-state index in [0.717, 1.165) is 34.4 Å². The molecule has 0 spiro atoms. The summed E-state index contributed by atoms with van der Waals surface area (Å²) in [5.74, 6) is 1.99. The van der Waals surface area contributed by atoms with Gasteiger partial charge in [-0.15, -0.1) is 0 Å². The van der Waals surface area contributed by atoms with Gasteiger partial charge in [-0.05, 0) is 77.4 Å². The molecular weight excluding hydrogens is 595 g/mol. The number of hydrogen-bond donors (Lipinski definition) is 0. The number of ether oxygens (including phenoxy) is 1. The molecule has 2 heterocycles. The lowest BCUT2D eigenvalue weighted by atomic mass is 9.93. The number of urea groups is 1. The quantitative estimate of drug-likeness (QED) is 0.255. The third kappa shape index (κ3) is 6.89. The maximum absolute atomic E-state index is 14.7. The summed E-state index contributed by atoms with van der Waals surface area (Å²) in [5, 5.41) is 1.23. The molecule has 3 amide bonds. The smallest absolute Gasteiger partial charge is 0.326 e. The van der Waals surface area contributed by atoms with Gasteiger partial charge in [0.2, 0.25) is 5.91 Å². The van der Waals surface area contributed by atoms with Crippen LogP contribution >= 0.6 is 23.2 Å². The third-order valence-electron chi connectivity index (χ3n) is 8.05. The minimum atomic E-state index is -0.478. The fourth-order valence-corrected chi connectivity index (χ4v) is 6.29. The summed E-state index contributed by atoms with van der Waals surface area (Å²) in [6.45, 7) is 10.2. The molecule has 0 aromatic heterocycles. The molecule has 1 fully saturated rings. The number of nitrogens with zero attached hydrogens (tertiary/aromatic N) is 4. The number of halogens is 2. The Morgan fingerprint density at radius 3 is 2.11 bits per heavy atom. The predicted octanol–water partition coefficient (Wildman–Crippen LogP) is 7.67. The van der Waals surface area contributed by atoms with Crippen molar-refractivity contribution in [2.75, 3.05) is 33.3 Å². The zero-order valence-electron chi connectivity index (χ0n) is 26.0. The van der Waals surface area contributed by atoms with Gasteiger partial charge in [0, 0.05) is 35.2 Å². The Labute approximate surface area is 270 Å². The van der Waals surface area contributed by atoms with E-state index in [-0.39, 0.29) is 18.5 Å². The van der Waals surface area contributed by atoms with E-state index in [1.165, 1.54) is 0 Å². The first kappa shape index (κ1) is 31.9. The van der Waals surface area contributed by atoms with Crippen LogP contribution in [0.3, 0.4) is 0 Å². The molecule has 9 heteroatoms. The highest BCUT2D eigenvalue weighted by Gasteiger charge is 2.45. The van der Waals surface area contributed by atoms with Crippen LogP contribution < -0.4 is 4.74 Å². The van der Waals surface area contributed by atoms with Crippen LogP contribution in [0, 0.1) is 11.8 Å². The van der Waals surface area contributed by atoms with E-state index in [1.54, 1.807) is 16.9 Å². The number of piperazine rings is 1. The SMILES string of the molecule is COc1ccc(C2=NC(c3ccc(Cl)cc3)C(c3ccc(Cl)cc3)N2C(=O)N2CCN(CC(C)C)C(=O)C2)c(CC(C)C)c1. The number of methoxy groups -OCH3 is 1. The first-order valence-corrected chi connectivity index (χ1v) is 15.9. The number of rotatable bonds is 8. The maximum atomic E-state index is 14.7. The van der Waals surface area contributed by atoms with Crippen LogP contribution in [-0.4, -0.2) is 65.8 Å². The van der Waals surface area contributed by atoms with Gasteiger partial charge < -0.3 is 14.5 Å². The summed E-state index contributed by atoms with van der Waals surface area (Å²) in [5.41, 5.74) is 3.73. The van der Waals surface area contributed by atoms with Crippen molar-refractivity contribution in [3.05, 3.63) is 99.0 Å². The molecule has 3 aromatic carbocycles. The van der Waals surface area contributed by atoms with Gasteiger partial charge in [-0.25, -0.2) is 4.79 Å². The van der Waals surface area contributed by atoms with Crippen LogP contribution in [0.2, 0.25) is 10.0 Å². The summed E-state index contributed by atoms with van der Waals surface area (Å²) in [6.07, 6.45) is 0.775. The summed E-state index contributed by atoms with van der Waals surface area (Å²) in [4.78, 5) is 38.5. The molecule has 3 aromatic rings. The number of carbonyl (C=O) groups excluding carboxylic acids is 2. The fourth-order valence-electron chi connectivity index (χ4n) is 6.04. The topological polar surface area (TPSA) is 65.5 Å². The number of aliphatic imine (C=N–C) groups is 1. The van der Waals surface area contributed by atoms with Gasteiger partial charge in [0.05, 0.1) is 13.2 Å². The lowest BCUT2D eigenvalue weighted by molar-refractivity contribution is -0.135. The van der Waals surface area contributed by atoms with Gasteiger partial charge in [-0.3, -0.25) is 14.7 Å². The standard InChI is InChI=1S/C35H40Cl2N4O3/c1-22(2)18-26-19-29(44-5)14-15-30(26)34-38-32(24-6-10-27(36)11-7-24)33(25-8-12-28(37)13-9-25)41(34)35(43)40-17-16-39(20-23(3)4)31(42)21-40/h6-15,19,22-23,32-33H,16-18,20-21H2,1-5H3. The van der Waals surface area contributed by atoms with Crippen molar-refractivity contribution in [3.63, 3.8) is 0 Å². The summed E-state index contributed by atoms with van der Waals surface area (Å²) >= 11 is 12.6. The lowest BCUT2D eigenvalue weighted by Gasteiger charge is -2.39. The summed E-state index contributed by atoms with van der Waals surface area (Å²) in [7, 11) is 1.65. The molecule has 2 atom stereocenters. The van der Waals surface area contributed by atoms with Crippen LogP contribution in [0.5, 0.6) is 5.75 Å². The van der Waals surface area contributed by atoms with Crippen LogP contribution in [0.1, 0.15) is 62.0 Å². The number of benzene rings is 3. The zero-order valence-corrected chi connectivity index (χ0v) is 27.5. The van der Waals surface area contributed by atoms with Crippen molar-refractivity contribution in [2.45, 2.75) is 46.2 Å². The largest absolute Gasteiger partial charge is 0.497 e. The summed E-state index contributed by atoms with van der Waals surface area (Å²) in [6, 6.07) is 20.0. The Hall–Kier alpha value is -3.55. The second kappa shape index (κ2) is 13.6. The van der Waals surface area contributed by atoms with Crippen molar-refractivity contribution >= 4 is 41.0 Å². The number of amidine groups is 1. The highest BCUT2D eigenvalue weighted by molar-refractivity contribution is 6.30. The van der Waals surface area contributed by atoms with Crippen LogP contribution in [0.15, 0.2) is 71.7 Å². The second-order valence-corrected chi connectivity index (χ2v) is 13.2. The van der Waals surface area contributed by atoms with Crippen molar-refractivity contribution in [1.82, 2.24) is 14.7 Å². The first-order valence-electron chi connectivity index (χ1n) is 15.2. The van der Waals surface area contributed by atoms with E-state index in [1.807, 2.05) is 71.6 Å². The molecule has 232 valence electrons. The molecule has 2 aliphatic heterocycles. The molecule has 0 aliphatic carbocycles. The molecule has 0 N–H and O–H groups in total. The molecule has 5 rings (SSSR count). The molecule has 44 heavy (non-hydrogen) atoms. The first-order chi connectivity index (χ1) is 21.0. The normalized spacial score (nSPS) is 18.8. The molecule has 7 nitrogen and oxygen atoms in total. The Bertz CT molecular complexity index is 1520. The number of carbonyl (C=O) groups is 2. The van der Waals surface area contributed by atoms with E-state index in [4.69, 9.17) is 32.9 Å². The van der Waals surface area contributed by atoms with E-state index >= 15 is 0 Å². The van der Waals surface area contributed by atoms with Crippen molar-refractivity contribution in [1.29, 1.82) is 0 Å². The third-order valence-corrected chi connectivity index (χ3v) is 8.56. The van der Waals surface area contributed by atoms with Gasteiger partial charge in [-0.1, -0.05) is 75.2 Å². The fraction of sp³-hybridized carbons (Fsp3) is 0.400.